The van der Waals surface area contributed by atoms with E-state index in [0.29, 0.717) is 29.4 Å². The molecule has 1 fully saturated rings. The topological polar surface area (TPSA) is 52.3 Å². The van der Waals surface area contributed by atoms with Crippen molar-refractivity contribution in [3.63, 3.8) is 0 Å². The summed E-state index contributed by atoms with van der Waals surface area (Å²) in [6, 6.07) is 5.62. The van der Waals surface area contributed by atoms with Crippen LogP contribution < -0.4 is 10.4 Å². The van der Waals surface area contributed by atoms with Crippen molar-refractivity contribution in [2.45, 2.75) is 39.2 Å². The molecule has 4 rings (SSSR count). The van der Waals surface area contributed by atoms with Gasteiger partial charge in [0.25, 0.3) is 0 Å². The fourth-order valence-corrected chi connectivity index (χ4v) is 3.56. The van der Waals surface area contributed by atoms with Crippen molar-refractivity contribution < 1.29 is 9.15 Å². The molecular weight excluding hydrogens is 310 g/mol. The van der Waals surface area contributed by atoms with Gasteiger partial charge in [0.05, 0.1) is 10.7 Å². The van der Waals surface area contributed by atoms with Gasteiger partial charge in [0.2, 0.25) is 0 Å². The van der Waals surface area contributed by atoms with Crippen LogP contribution >= 0.6 is 11.3 Å². The summed E-state index contributed by atoms with van der Waals surface area (Å²) in [4.78, 5) is 16.4. The molecule has 1 saturated carbocycles. The second-order valence-electron chi connectivity index (χ2n) is 6.04. The second kappa shape index (κ2) is 5.49. The number of aryl methyl sites for hydroxylation is 1. The SMILES string of the molecule is Cc1c(C)c2ccc(OCc3csc(C4CC4)n3)cc2oc1=O. The summed E-state index contributed by atoms with van der Waals surface area (Å²) in [7, 11) is 0. The molecule has 0 N–H and O–H groups in total. The number of benzene rings is 1. The van der Waals surface area contributed by atoms with E-state index in [1.807, 2.05) is 19.1 Å². The Labute approximate surface area is 137 Å². The maximum Gasteiger partial charge on any atom is 0.339 e. The molecule has 3 aromatic rings. The van der Waals surface area contributed by atoms with E-state index in [4.69, 9.17) is 9.15 Å². The molecule has 0 saturated heterocycles. The van der Waals surface area contributed by atoms with Crippen LogP contribution in [-0.4, -0.2) is 4.98 Å². The predicted molar refractivity (Wildman–Crippen MR) is 90.4 cm³/mol. The first-order valence-corrected chi connectivity index (χ1v) is 8.61. The fraction of sp³-hybridized carbons (Fsp3) is 0.333. The van der Waals surface area contributed by atoms with Gasteiger partial charge in [-0.05, 0) is 44.4 Å². The van der Waals surface area contributed by atoms with Crippen molar-refractivity contribution >= 4 is 22.3 Å². The van der Waals surface area contributed by atoms with Gasteiger partial charge in [0, 0.05) is 28.3 Å². The molecule has 118 valence electrons. The molecule has 0 spiro atoms. The molecule has 0 radical (unpaired) electrons. The van der Waals surface area contributed by atoms with Gasteiger partial charge >= 0.3 is 5.63 Å². The smallest absolute Gasteiger partial charge is 0.339 e. The predicted octanol–water partition coefficient (Wildman–Crippen LogP) is 4.32. The lowest BCUT2D eigenvalue weighted by Crippen LogP contribution is -2.05. The van der Waals surface area contributed by atoms with Crippen LogP contribution in [0.2, 0.25) is 0 Å². The Balaban J connectivity index is 1.56. The Bertz CT molecular complexity index is 937. The van der Waals surface area contributed by atoms with Crippen LogP contribution in [-0.2, 0) is 6.61 Å². The molecule has 0 amide bonds. The quantitative estimate of drug-likeness (QED) is 0.670. The number of nitrogens with zero attached hydrogens (tertiary/aromatic N) is 1. The standard InChI is InChI=1S/C18H17NO3S/c1-10-11(2)18(20)22-16-7-14(5-6-15(10)16)21-8-13-9-23-17(19-13)12-3-4-12/h5-7,9,12H,3-4,8H2,1-2H3. The lowest BCUT2D eigenvalue weighted by atomic mass is 10.1. The van der Waals surface area contributed by atoms with Crippen molar-refractivity contribution in [3.05, 3.63) is 55.8 Å². The lowest BCUT2D eigenvalue weighted by Gasteiger charge is -2.07. The molecule has 0 aliphatic heterocycles. The maximum atomic E-state index is 11.8. The molecule has 4 nitrogen and oxygen atoms in total. The highest BCUT2D eigenvalue weighted by molar-refractivity contribution is 7.09. The first-order valence-electron chi connectivity index (χ1n) is 7.73. The van der Waals surface area contributed by atoms with Crippen LogP contribution in [0.5, 0.6) is 5.75 Å². The third-order valence-electron chi connectivity index (χ3n) is 4.31. The van der Waals surface area contributed by atoms with E-state index in [9.17, 15) is 4.79 Å². The van der Waals surface area contributed by atoms with Gasteiger partial charge in [-0.3, -0.25) is 0 Å². The monoisotopic (exact) mass is 327 g/mol. The summed E-state index contributed by atoms with van der Waals surface area (Å²) >= 11 is 1.71. The fourth-order valence-electron chi connectivity index (χ4n) is 2.58. The van der Waals surface area contributed by atoms with Crippen LogP contribution in [0.3, 0.4) is 0 Å². The Kier molecular flexibility index (Phi) is 3.45. The zero-order valence-corrected chi connectivity index (χ0v) is 13.9. The van der Waals surface area contributed by atoms with E-state index >= 15 is 0 Å². The van der Waals surface area contributed by atoms with Crippen molar-refractivity contribution in [2.75, 3.05) is 0 Å². The summed E-state index contributed by atoms with van der Waals surface area (Å²) in [6.45, 7) is 4.15. The third-order valence-corrected chi connectivity index (χ3v) is 5.37. The molecule has 1 aliphatic carbocycles. The molecule has 0 unspecified atom stereocenters. The highest BCUT2D eigenvalue weighted by Gasteiger charge is 2.26. The number of hydrogen-bond donors (Lipinski definition) is 0. The number of thiazole rings is 1. The lowest BCUT2D eigenvalue weighted by molar-refractivity contribution is 0.302. The number of fused-ring (bicyclic) bond motifs is 1. The highest BCUT2D eigenvalue weighted by Crippen LogP contribution is 2.41. The van der Waals surface area contributed by atoms with E-state index in [0.717, 1.165) is 16.6 Å². The average molecular weight is 327 g/mol. The minimum atomic E-state index is -0.291. The largest absolute Gasteiger partial charge is 0.487 e. The highest BCUT2D eigenvalue weighted by atomic mass is 32.1. The van der Waals surface area contributed by atoms with E-state index in [1.165, 1.54) is 17.8 Å². The molecule has 5 heteroatoms. The van der Waals surface area contributed by atoms with E-state index in [1.54, 1.807) is 24.3 Å². The minimum absolute atomic E-state index is 0.291. The Hall–Kier alpha value is -2.14. The van der Waals surface area contributed by atoms with Crippen LogP contribution in [0.4, 0.5) is 0 Å². The van der Waals surface area contributed by atoms with E-state index in [-0.39, 0.29) is 5.63 Å². The summed E-state index contributed by atoms with van der Waals surface area (Å²) in [5, 5.41) is 4.22. The summed E-state index contributed by atoms with van der Waals surface area (Å²) in [5.74, 6) is 1.36. The minimum Gasteiger partial charge on any atom is -0.487 e. The molecule has 0 atom stereocenters. The molecule has 23 heavy (non-hydrogen) atoms. The third kappa shape index (κ3) is 2.77. The first-order chi connectivity index (χ1) is 11.1. The van der Waals surface area contributed by atoms with Gasteiger partial charge in [-0.2, -0.15) is 0 Å². The van der Waals surface area contributed by atoms with Crippen LogP contribution in [0.15, 0.2) is 32.8 Å². The van der Waals surface area contributed by atoms with Crippen LogP contribution in [0.1, 0.15) is 40.6 Å². The van der Waals surface area contributed by atoms with Gasteiger partial charge in [0.15, 0.2) is 0 Å². The molecule has 0 bridgehead atoms. The molecule has 1 aliphatic rings. The Morgan fingerprint density at radius 2 is 2.13 bits per heavy atom. The van der Waals surface area contributed by atoms with E-state index in [2.05, 4.69) is 10.4 Å². The van der Waals surface area contributed by atoms with Gasteiger partial charge in [-0.25, -0.2) is 9.78 Å². The zero-order chi connectivity index (χ0) is 16.0. The Morgan fingerprint density at radius 3 is 2.91 bits per heavy atom. The van der Waals surface area contributed by atoms with Gasteiger partial charge in [0.1, 0.15) is 17.9 Å². The number of hydrogen-bond acceptors (Lipinski definition) is 5. The normalized spacial score (nSPS) is 14.3. The van der Waals surface area contributed by atoms with E-state index < -0.39 is 0 Å². The maximum absolute atomic E-state index is 11.8. The number of rotatable bonds is 4. The summed E-state index contributed by atoms with van der Waals surface area (Å²) in [6.07, 6.45) is 2.52. The van der Waals surface area contributed by atoms with Crippen molar-refractivity contribution in [1.82, 2.24) is 4.98 Å². The van der Waals surface area contributed by atoms with Gasteiger partial charge < -0.3 is 9.15 Å². The van der Waals surface area contributed by atoms with Crippen molar-refractivity contribution in [3.8, 4) is 5.75 Å². The van der Waals surface area contributed by atoms with Crippen molar-refractivity contribution in [1.29, 1.82) is 0 Å². The number of ether oxygens (including phenoxy) is 1. The summed E-state index contributed by atoms with van der Waals surface area (Å²) in [5.41, 5.74) is 2.84. The molecule has 2 heterocycles. The molecule has 1 aromatic carbocycles. The molecule has 2 aromatic heterocycles. The summed E-state index contributed by atoms with van der Waals surface area (Å²) < 4.78 is 11.2. The average Bonchev–Trinajstić information content (AvgIpc) is 3.29. The van der Waals surface area contributed by atoms with Gasteiger partial charge in [-0.15, -0.1) is 11.3 Å². The molecular formula is C18H17NO3S. The second-order valence-corrected chi connectivity index (χ2v) is 6.93. The van der Waals surface area contributed by atoms with Crippen molar-refractivity contribution in [2.24, 2.45) is 0 Å². The first kappa shape index (κ1) is 14.5. The number of aromatic nitrogens is 1. The van der Waals surface area contributed by atoms with Gasteiger partial charge in [-0.1, -0.05) is 0 Å². The zero-order valence-electron chi connectivity index (χ0n) is 13.1. The van der Waals surface area contributed by atoms with Crippen LogP contribution in [0.25, 0.3) is 11.0 Å². The Morgan fingerprint density at radius 1 is 1.30 bits per heavy atom. The van der Waals surface area contributed by atoms with Crippen LogP contribution in [0, 0.1) is 13.8 Å².